The van der Waals surface area contributed by atoms with Crippen LogP contribution in [-0.4, -0.2) is 42.7 Å². The van der Waals surface area contributed by atoms with Gasteiger partial charge in [-0.1, -0.05) is 24.9 Å². The van der Waals surface area contributed by atoms with Crippen molar-refractivity contribution in [1.29, 1.82) is 0 Å². The van der Waals surface area contributed by atoms with Crippen molar-refractivity contribution >= 4 is 27.5 Å². The summed E-state index contributed by atoms with van der Waals surface area (Å²) in [6, 6.07) is 3.16. The molecule has 1 atom stereocenters. The second-order valence-electron chi connectivity index (χ2n) is 6.17. The molecule has 1 saturated heterocycles. The highest BCUT2D eigenvalue weighted by Crippen LogP contribution is 2.27. The van der Waals surface area contributed by atoms with Gasteiger partial charge in [0, 0.05) is 31.2 Å². The Labute approximate surface area is 148 Å². The number of aromatic nitrogens is 1. The number of halogens is 1. The molecule has 2 heterocycles. The lowest BCUT2D eigenvalue weighted by molar-refractivity contribution is -0.126. The fraction of sp³-hybridized carbons (Fsp3) is 0.625. The minimum Gasteiger partial charge on any atom is -0.353 e. The van der Waals surface area contributed by atoms with Crippen LogP contribution in [0, 0.1) is 5.92 Å². The molecule has 0 radical (unpaired) electrons. The van der Waals surface area contributed by atoms with Crippen LogP contribution in [0.25, 0.3) is 0 Å². The van der Waals surface area contributed by atoms with E-state index < -0.39 is 10.0 Å². The first kappa shape index (κ1) is 19.1. The Morgan fingerprint density at radius 3 is 2.71 bits per heavy atom. The van der Waals surface area contributed by atoms with Gasteiger partial charge in [0.15, 0.2) is 0 Å². The van der Waals surface area contributed by atoms with Crippen LogP contribution in [0.15, 0.2) is 23.2 Å². The van der Waals surface area contributed by atoms with Crippen molar-refractivity contribution in [2.24, 2.45) is 5.92 Å². The Balaban J connectivity index is 1.97. The van der Waals surface area contributed by atoms with Gasteiger partial charge in [-0.15, -0.1) is 0 Å². The Kier molecular flexibility index (Phi) is 6.60. The number of carbonyl (C=O) groups excluding carboxylic acids is 1. The van der Waals surface area contributed by atoms with Crippen LogP contribution >= 0.6 is 11.6 Å². The molecule has 0 spiro atoms. The van der Waals surface area contributed by atoms with Gasteiger partial charge in [0.05, 0.1) is 0 Å². The Hall–Kier alpha value is -1.18. The fourth-order valence-corrected chi connectivity index (χ4v) is 4.82. The van der Waals surface area contributed by atoms with E-state index in [1.54, 1.807) is 6.07 Å². The summed E-state index contributed by atoms with van der Waals surface area (Å²) in [6.45, 7) is 4.70. The number of pyridine rings is 1. The number of nitrogens with zero attached hydrogens (tertiary/aromatic N) is 2. The van der Waals surface area contributed by atoms with E-state index >= 15 is 0 Å². The summed E-state index contributed by atoms with van der Waals surface area (Å²) < 4.78 is 26.7. The van der Waals surface area contributed by atoms with E-state index in [2.05, 4.69) is 17.2 Å². The summed E-state index contributed by atoms with van der Waals surface area (Å²) >= 11 is 5.91. The van der Waals surface area contributed by atoms with Gasteiger partial charge in [-0.3, -0.25) is 4.79 Å². The highest BCUT2D eigenvalue weighted by molar-refractivity contribution is 7.89. The number of nitrogens with one attached hydrogen (secondary N) is 1. The van der Waals surface area contributed by atoms with Gasteiger partial charge in [0.2, 0.25) is 15.9 Å². The van der Waals surface area contributed by atoms with E-state index in [1.807, 2.05) is 6.92 Å². The van der Waals surface area contributed by atoms with Gasteiger partial charge in [-0.2, -0.15) is 4.31 Å². The maximum Gasteiger partial charge on any atom is 0.246 e. The summed E-state index contributed by atoms with van der Waals surface area (Å²) in [5.41, 5.74) is 0. The summed E-state index contributed by atoms with van der Waals surface area (Å²) in [5.74, 6) is -0.118. The number of hydrogen-bond acceptors (Lipinski definition) is 4. The van der Waals surface area contributed by atoms with Gasteiger partial charge < -0.3 is 5.32 Å². The average molecular weight is 374 g/mol. The molecule has 0 bridgehead atoms. The third kappa shape index (κ3) is 4.46. The number of carbonyl (C=O) groups is 1. The Morgan fingerprint density at radius 1 is 1.46 bits per heavy atom. The van der Waals surface area contributed by atoms with E-state index in [0.29, 0.717) is 25.9 Å². The predicted molar refractivity (Wildman–Crippen MR) is 93.2 cm³/mol. The van der Waals surface area contributed by atoms with Gasteiger partial charge in [-0.25, -0.2) is 13.4 Å². The number of piperidine rings is 1. The molecule has 8 heteroatoms. The molecule has 1 N–H and O–H groups in total. The summed E-state index contributed by atoms with van der Waals surface area (Å²) in [5, 5.41) is 2.98. The largest absolute Gasteiger partial charge is 0.353 e. The minimum absolute atomic E-state index is 0.0196. The van der Waals surface area contributed by atoms with Crippen molar-refractivity contribution in [2.75, 3.05) is 13.1 Å². The molecule has 1 fully saturated rings. The molecule has 0 aromatic carbocycles. The van der Waals surface area contributed by atoms with E-state index in [0.717, 1.165) is 12.8 Å². The van der Waals surface area contributed by atoms with Gasteiger partial charge >= 0.3 is 0 Å². The molecule has 1 amide bonds. The molecule has 0 aliphatic carbocycles. The molecule has 2 rings (SSSR count). The number of rotatable bonds is 6. The van der Waals surface area contributed by atoms with E-state index in [1.165, 1.54) is 16.6 Å². The van der Waals surface area contributed by atoms with Crippen LogP contribution in [0.3, 0.4) is 0 Å². The maximum absolute atomic E-state index is 12.6. The average Bonchev–Trinajstić information content (AvgIpc) is 2.55. The van der Waals surface area contributed by atoms with Gasteiger partial charge in [0.1, 0.15) is 10.0 Å². The quantitative estimate of drug-likeness (QED) is 0.777. The first-order chi connectivity index (χ1) is 11.4. The zero-order valence-electron chi connectivity index (χ0n) is 14.0. The monoisotopic (exact) mass is 373 g/mol. The van der Waals surface area contributed by atoms with E-state index in [4.69, 9.17) is 11.6 Å². The number of amides is 1. The predicted octanol–water partition coefficient (Wildman–Crippen LogP) is 2.44. The minimum atomic E-state index is -3.67. The smallest absolute Gasteiger partial charge is 0.246 e. The van der Waals surface area contributed by atoms with Crippen molar-refractivity contribution in [2.45, 2.75) is 50.5 Å². The molecule has 1 unspecified atom stereocenters. The van der Waals surface area contributed by atoms with Gasteiger partial charge in [-0.05, 0) is 38.3 Å². The highest BCUT2D eigenvalue weighted by atomic mass is 35.5. The summed E-state index contributed by atoms with van der Waals surface area (Å²) in [7, 11) is -3.67. The van der Waals surface area contributed by atoms with Crippen LogP contribution in [-0.2, 0) is 14.8 Å². The molecule has 134 valence electrons. The van der Waals surface area contributed by atoms with Crippen molar-refractivity contribution < 1.29 is 13.2 Å². The molecular weight excluding hydrogens is 350 g/mol. The highest BCUT2D eigenvalue weighted by Gasteiger charge is 2.33. The number of sulfonamides is 1. The SMILES string of the molecule is CCCC(C)NC(=O)C1CCN(S(=O)(=O)c2cccnc2Cl)CC1. The third-order valence-electron chi connectivity index (χ3n) is 4.28. The molecule has 1 aliphatic rings. The summed E-state index contributed by atoms with van der Waals surface area (Å²) in [6.07, 6.45) is 4.45. The van der Waals surface area contributed by atoms with Gasteiger partial charge in [0.25, 0.3) is 0 Å². The summed E-state index contributed by atoms with van der Waals surface area (Å²) in [4.78, 5) is 16.1. The first-order valence-electron chi connectivity index (χ1n) is 8.27. The zero-order chi connectivity index (χ0) is 17.7. The molecule has 1 aromatic heterocycles. The standard InChI is InChI=1S/C16H24ClN3O3S/c1-3-5-12(2)19-16(21)13-7-10-20(11-8-13)24(22,23)14-6-4-9-18-15(14)17/h4,6,9,12-13H,3,5,7-8,10-11H2,1-2H3,(H,19,21). The molecule has 1 aliphatic heterocycles. The Bertz CT molecular complexity index is 673. The lowest BCUT2D eigenvalue weighted by Gasteiger charge is -2.31. The zero-order valence-corrected chi connectivity index (χ0v) is 15.6. The normalized spacial score (nSPS) is 18.3. The molecular formula is C16H24ClN3O3S. The van der Waals surface area contributed by atoms with Crippen LogP contribution in [0.5, 0.6) is 0 Å². The molecule has 24 heavy (non-hydrogen) atoms. The first-order valence-corrected chi connectivity index (χ1v) is 10.1. The second kappa shape index (κ2) is 8.27. The molecule has 0 saturated carbocycles. The van der Waals surface area contributed by atoms with E-state index in [-0.39, 0.29) is 27.9 Å². The lowest BCUT2D eigenvalue weighted by Crippen LogP contribution is -2.44. The van der Waals surface area contributed by atoms with E-state index in [9.17, 15) is 13.2 Å². The van der Waals surface area contributed by atoms with Crippen molar-refractivity contribution in [3.8, 4) is 0 Å². The third-order valence-corrected chi connectivity index (χ3v) is 6.62. The van der Waals surface area contributed by atoms with Crippen molar-refractivity contribution in [1.82, 2.24) is 14.6 Å². The van der Waals surface area contributed by atoms with Crippen LogP contribution < -0.4 is 5.32 Å². The van der Waals surface area contributed by atoms with Crippen LogP contribution in [0.1, 0.15) is 39.5 Å². The lowest BCUT2D eigenvalue weighted by atomic mass is 9.96. The topological polar surface area (TPSA) is 79.4 Å². The van der Waals surface area contributed by atoms with Crippen molar-refractivity contribution in [3.05, 3.63) is 23.5 Å². The molecule has 1 aromatic rings. The van der Waals surface area contributed by atoms with Crippen LogP contribution in [0.2, 0.25) is 5.15 Å². The number of hydrogen-bond donors (Lipinski definition) is 1. The molecule has 6 nitrogen and oxygen atoms in total. The Morgan fingerprint density at radius 2 is 2.12 bits per heavy atom. The maximum atomic E-state index is 12.6. The fourth-order valence-electron chi connectivity index (χ4n) is 2.93. The van der Waals surface area contributed by atoms with Crippen molar-refractivity contribution in [3.63, 3.8) is 0 Å². The second-order valence-corrected chi connectivity index (χ2v) is 8.43. The van der Waals surface area contributed by atoms with Crippen LogP contribution in [0.4, 0.5) is 0 Å².